The van der Waals surface area contributed by atoms with Gasteiger partial charge < -0.3 is 52.7 Å². The van der Waals surface area contributed by atoms with Gasteiger partial charge in [0, 0.05) is 61.4 Å². The van der Waals surface area contributed by atoms with Crippen LogP contribution in [0, 0.1) is 0 Å². The van der Waals surface area contributed by atoms with Crippen LogP contribution in [0.4, 0.5) is 4.79 Å². The van der Waals surface area contributed by atoms with Gasteiger partial charge >= 0.3 is 6.03 Å². The average molecular weight is 754 g/mol. The molecule has 1 aromatic carbocycles. The molecule has 4 unspecified atom stereocenters. The number of pyridine rings is 1. The minimum atomic E-state index is -1.08. The first kappa shape index (κ1) is 41.0. The number of aromatic nitrogens is 2. The van der Waals surface area contributed by atoms with E-state index in [0.717, 1.165) is 22.0 Å². The number of aromatic amines is 1. The van der Waals surface area contributed by atoms with E-state index >= 15 is 0 Å². The molecule has 3 heterocycles. The first-order valence-corrected chi connectivity index (χ1v) is 18.4. The molecule has 53 heavy (non-hydrogen) atoms. The number of benzene rings is 1. The largest absolute Gasteiger partial charge is 0.361 e. The minimum Gasteiger partial charge on any atom is -0.361 e. The van der Waals surface area contributed by atoms with Crippen LogP contribution in [-0.2, 0) is 36.9 Å². The van der Waals surface area contributed by atoms with Crippen molar-refractivity contribution in [3.63, 3.8) is 0 Å². The highest BCUT2D eigenvalue weighted by Crippen LogP contribution is 2.18. The van der Waals surface area contributed by atoms with E-state index in [2.05, 4.69) is 54.5 Å². The number of carbonyl (C=O) groups is 5. The Morgan fingerprint density at radius 1 is 0.962 bits per heavy atom. The topological polar surface area (TPSA) is 254 Å². The fourth-order valence-electron chi connectivity index (χ4n) is 5.70. The maximum atomic E-state index is 13.7. The number of ether oxygens (including phenoxy) is 1. The van der Waals surface area contributed by atoms with E-state index < -0.39 is 29.9 Å². The number of carbonyl (C=O) groups excluding carboxylic acids is 5. The van der Waals surface area contributed by atoms with Gasteiger partial charge in [0.2, 0.25) is 23.6 Å². The Hall–Kier alpha value is -4.75. The monoisotopic (exact) mass is 753 g/mol. The number of hydrogen-bond donors (Lipinski definition) is 10. The molecule has 4 atom stereocenters. The van der Waals surface area contributed by atoms with Gasteiger partial charge in [-0.2, -0.15) is 12.6 Å². The summed E-state index contributed by atoms with van der Waals surface area (Å²) in [6.45, 7) is 1.26. The predicted molar refractivity (Wildman–Crippen MR) is 202 cm³/mol. The van der Waals surface area contributed by atoms with Crippen molar-refractivity contribution in [2.45, 2.75) is 63.2 Å². The molecule has 0 spiro atoms. The van der Waals surface area contributed by atoms with Crippen LogP contribution in [0.3, 0.4) is 0 Å². The summed E-state index contributed by atoms with van der Waals surface area (Å²) in [7, 11) is 0. The molecule has 3 aromatic rings. The fourth-order valence-corrected chi connectivity index (χ4v) is 5.81. The van der Waals surface area contributed by atoms with Crippen LogP contribution in [0.1, 0.15) is 36.8 Å². The second-order valence-electron chi connectivity index (χ2n) is 12.6. The summed E-state index contributed by atoms with van der Waals surface area (Å²) >= 11 is 4.15. The molecular weight excluding hydrogens is 703 g/mol. The molecule has 2 aromatic heterocycles. The Labute approximate surface area is 313 Å². The lowest BCUT2D eigenvalue weighted by atomic mass is 10.1. The molecule has 6 amide bonds. The van der Waals surface area contributed by atoms with Gasteiger partial charge in [0.05, 0.1) is 13.1 Å². The van der Waals surface area contributed by atoms with Gasteiger partial charge in [0.25, 0.3) is 0 Å². The number of nitrogens with one attached hydrogen (secondary N) is 7. The van der Waals surface area contributed by atoms with Crippen LogP contribution in [0.2, 0.25) is 0 Å². The van der Waals surface area contributed by atoms with Crippen molar-refractivity contribution in [1.29, 1.82) is 0 Å². The van der Waals surface area contributed by atoms with Gasteiger partial charge in [0.15, 0.2) is 0 Å². The minimum absolute atomic E-state index is 0.0322. The van der Waals surface area contributed by atoms with Crippen LogP contribution >= 0.6 is 12.6 Å². The number of urea groups is 1. The standard InChI is InChI=1S/C35H51N11O6S/c36-31-34(52-31)41-13-4-9-27(32(49)40-15-17-53)45-33(50)28(10-5-14-42-35(37)51)44-29(47)22-46(30(48)21-39-19-23-6-3-12-38-18-23)16-11-24-20-43-26-8-2-1-7-25(24)26/h1-3,6-8,12,18,20,27-28,31,34,39,41,43,53H,4-5,9-11,13-17,19,21-22,36H2,(H,40,49)(H,44,47)(H,45,50)(H3,37,42,51). The molecule has 11 N–H and O–H groups in total. The van der Waals surface area contributed by atoms with E-state index in [4.69, 9.17) is 16.2 Å². The molecule has 288 valence electrons. The summed E-state index contributed by atoms with van der Waals surface area (Å²) < 4.78 is 5.15. The van der Waals surface area contributed by atoms with Crippen molar-refractivity contribution in [2.75, 3.05) is 45.0 Å². The van der Waals surface area contributed by atoms with Crippen molar-refractivity contribution in [3.05, 3.63) is 66.1 Å². The molecule has 0 radical (unpaired) electrons. The number of hydrogen-bond acceptors (Lipinski definition) is 11. The third kappa shape index (κ3) is 14.3. The number of rotatable bonds is 24. The lowest BCUT2D eigenvalue weighted by Gasteiger charge is -2.26. The van der Waals surface area contributed by atoms with Crippen LogP contribution < -0.4 is 43.4 Å². The summed E-state index contributed by atoms with van der Waals surface area (Å²) in [5.74, 6) is -1.43. The van der Waals surface area contributed by atoms with E-state index in [1.54, 1.807) is 12.4 Å². The number of amides is 6. The molecule has 4 rings (SSSR count). The number of primary amides is 1. The first-order chi connectivity index (χ1) is 25.6. The van der Waals surface area contributed by atoms with E-state index in [9.17, 15) is 24.0 Å². The van der Waals surface area contributed by atoms with Gasteiger partial charge in [0.1, 0.15) is 24.5 Å². The zero-order valence-electron chi connectivity index (χ0n) is 29.6. The molecule has 1 aliphatic rings. The maximum Gasteiger partial charge on any atom is 0.312 e. The van der Waals surface area contributed by atoms with Crippen molar-refractivity contribution in [3.8, 4) is 0 Å². The second kappa shape index (κ2) is 21.7. The van der Waals surface area contributed by atoms with Gasteiger partial charge in [-0.25, -0.2) is 4.79 Å². The summed E-state index contributed by atoms with van der Waals surface area (Å²) in [4.78, 5) is 73.9. The number of para-hydroxylation sites is 1. The zero-order valence-corrected chi connectivity index (χ0v) is 30.5. The number of nitrogens with zero attached hydrogens (tertiary/aromatic N) is 2. The fraction of sp³-hybridized carbons (Fsp3) is 0.486. The molecule has 1 fully saturated rings. The highest BCUT2D eigenvalue weighted by molar-refractivity contribution is 7.80. The van der Waals surface area contributed by atoms with Gasteiger partial charge in [-0.05, 0) is 61.9 Å². The SMILES string of the molecule is NC(=O)NCCCC(NC(=O)CN(CCc1c[nH]c2ccccc12)C(=O)CNCc1cccnc1)C(=O)NC(CCCNC1OC1N)C(=O)NCCS. The lowest BCUT2D eigenvalue weighted by Crippen LogP contribution is -2.55. The molecule has 0 aliphatic carbocycles. The van der Waals surface area contributed by atoms with Crippen molar-refractivity contribution in [1.82, 2.24) is 46.8 Å². The smallest absolute Gasteiger partial charge is 0.312 e. The lowest BCUT2D eigenvalue weighted by molar-refractivity contribution is -0.137. The molecule has 0 saturated carbocycles. The number of nitrogens with two attached hydrogens (primary N) is 2. The van der Waals surface area contributed by atoms with Crippen molar-refractivity contribution >= 4 is 53.2 Å². The highest BCUT2D eigenvalue weighted by atomic mass is 32.1. The Balaban J connectivity index is 1.43. The van der Waals surface area contributed by atoms with Crippen molar-refractivity contribution < 1.29 is 28.7 Å². The van der Waals surface area contributed by atoms with Crippen LogP contribution in [-0.4, -0.2) is 114 Å². The van der Waals surface area contributed by atoms with E-state index in [1.165, 1.54) is 4.90 Å². The third-order valence-corrected chi connectivity index (χ3v) is 8.77. The number of H-pyrrole nitrogens is 1. The first-order valence-electron chi connectivity index (χ1n) is 17.7. The van der Waals surface area contributed by atoms with E-state index in [-0.39, 0.29) is 56.9 Å². The number of thiol groups is 1. The van der Waals surface area contributed by atoms with Gasteiger partial charge in [-0.3, -0.25) is 29.5 Å². The number of epoxide rings is 1. The van der Waals surface area contributed by atoms with Gasteiger partial charge in [-0.15, -0.1) is 0 Å². The summed E-state index contributed by atoms with van der Waals surface area (Å²) in [5.41, 5.74) is 13.7. The van der Waals surface area contributed by atoms with E-state index in [1.807, 2.05) is 42.6 Å². The predicted octanol–water partition coefficient (Wildman–Crippen LogP) is -0.801. The zero-order chi connectivity index (χ0) is 38.0. The molecule has 0 bridgehead atoms. The molecule has 18 heteroatoms. The third-order valence-electron chi connectivity index (χ3n) is 8.55. The maximum absolute atomic E-state index is 13.7. The molecule has 1 saturated heterocycles. The molecule has 1 aliphatic heterocycles. The number of fused-ring (bicyclic) bond motifs is 1. The summed E-state index contributed by atoms with van der Waals surface area (Å²) in [6, 6.07) is 8.82. The molecule has 17 nitrogen and oxygen atoms in total. The normalized spacial score (nSPS) is 16.0. The second-order valence-corrected chi connectivity index (χ2v) is 13.1. The van der Waals surface area contributed by atoms with Crippen molar-refractivity contribution in [2.24, 2.45) is 11.5 Å². The Bertz CT molecular complexity index is 1640. The van der Waals surface area contributed by atoms with Gasteiger partial charge in [-0.1, -0.05) is 24.3 Å². The molecular formula is C35H51N11O6S. The highest BCUT2D eigenvalue weighted by Gasteiger charge is 2.34. The Morgan fingerprint density at radius 2 is 1.72 bits per heavy atom. The van der Waals surface area contributed by atoms with Crippen LogP contribution in [0.5, 0.6) is 0 Å². The summed E-state index contributed by atoms with van der Waals surface area (Å²) in [5, 5.41) is 18.1. The Kier molecular flexibility index (Phi) is 16.8. The summed E-state index contributed by atoms with van der Waals surface area (Å²) in [6.07, 6.45) is 6.38. The Morgan fingerprint density at radius 3 is 2.43 bits per heavy atom. The van der Waals surface area contributed by atoms with Crippen LogP contribution in [0.15, 0.2) is 55.0 Å². The quantitative estimate of drug-likeness (QED) is 0.0310. The average Bonchev–Trinajstić information content (AvgIpc) is 3.70. The van der Waals surface area contributed by atoms with E-state index in [0.29, 0.717) is 51.1 Å². The van der Waals surface area contributed by atoms with Crippen LogP contribution in [0.25, 0.3) is 10.9 Å².